The Kier molecular flexibility index (Phi) is 3.88. The number of fused-ring (bicyclic) bond motifs is 1. The average molecular weight is 257 g/mol. The lowest BCUT2D eigenvalue weighted by atomic mass is 9.91. The van der Waals surface area contributed by atoms with Crippen LogP contribution in [0.3, 0.4) is 0 Å². The van der Waals surface area contributed by atoms with Gasteiger partial charge in [-0.2, -0.15) is 0 Å². The molecule has 2 nitrogen and oxygen atoms in total. The van der Waals surface area contributed by atoms with Crippen LogP contribution in [-0.4, -0.2) is 6.54 Å². The standard InChI is InChI=1S/C17H23NO/c1-2-11-18-17(13-7-3-4-8-13)15-12-19-16-10-6-5-9-14(15)16/h5-6,9-10,12-13,17-18H,2-4,7-8,11H2,1H3. The highest BCUT2D eigenvalue weighted by Gasteiger charge is 2.28. The van der Waals surface area contributed by atoms with Gasteiger partial charge in [0.1, 0.15) is 5.58 Å². The van der Waals surface area contributed by atoms with E-state index in [1.807, 2.05) is 12.3 Å². The summed E-state index contributed by atoms with van der Waals surface area (Å²) in [6.45, 7) is 3.31. The summed E-state index contributed by atoms with van der Waals surface area (Å²) >= 11 is 0. The highest BCUT2D eigenvalue weighted by Crippen LogP contribution is 2.38. The quantitative estimate of drug-likeness (QED) is 0.842. The van der Waals surface area contributed by atoms with E-state index in [1.165, 1.54) is 43.1 Å². The van der Waals surface area contributed by atoms with Gasteiger partial charge >= 0.3 is 0 Å². The molecular weight excluding hydrogens is 234 g/mol. The van der Waals surface area contributed by atoms with Gasteiger partial charge in [-0.3, -0.25) is 0 Å². The first kappa shape index (κ1) is 12.7. The second-order valence-corrected chi connectivity index (χ2v) is 5.66. The minimum atomic E-state index is 0.464. The van der Waals surface area contributed by atoms with E-state index in [9.17, 15) is 0 Å². The molecule has 1 N–H and O–H groups in total. The highest BCUT2D eigenvalue weighted by atomic mass is 16.3. The van der Waals surface area contributed by atoms with E-state index in [2.05, 4.69) is 30.4 Å². The van der Waals surface area contributed by atoms with Gasteiger partial charge in [-0.15, -0.1) is 0 Å². The second kappa shape index (κ2) is 5.79. The van der Waals surface area contributed by atoms with Crippen LogP contribution in [0.4, 0.5) is 0 Å². The summed E-state index contributed by atoms with van der Waals surface area (Å²) in [4.78, 5) is 0. The Morgan fingerprint density at radius 3 is 2.84 bits per heavy atom. The Hall–Kier alpha value is -1.28. The van der Waals surface area contributed by atoms with Gasteiger partial charge in [0, 0.05) is 17.0 Å². The summed E-state index contributed by atoms with van der Waals surface area (Å²) in [5.74, 6) is 0.771. The third-order valence-corrected chi connectivity index (χ3v) is 4.33. The summed E-state index contributed by atoms with van der Waals surface area (Å²) in [6, 6.07) is 8.85. The Labute approximate surface area is 115 Å². The lowest BCUT2D eigenvalue weighted by molar-refractivity contribution is 0.367. The molecule has 1 aliphatic rings. The fraction of sp³-hybridized carbons (Fsp3) is 0.529. The van der Waals surface area contributed by atoms with Crippen LogP contribution in [0.2, 0.25) is 0 Å². The van der Waals surface area contributed by atoms with Crippen LogP contribution in [0.25, 0.3) is 11.0 Å². The molecule has 1 saturated carbocycles. The number of rotatable bonds is 5. The maximum atomic E-state index is 5.73. The van der Waals surface area contributed by atoms with Crippen LogP contribution in [0.1, 0.15) is 50.6 Å². The molecule has 0 amide bonds. The van der Waals surface area contributed by atoms with Crippen LogP contribution in [0, 0.1) is 5.92 Å². The summed E-state index contributed by atoms with van der Waals surface area (Å²) < 4.78 is 5.73. The minimum absolute atomic E-state index is 0.464. The highest BCUT2D eigenvalue weighted by molar-refractivity contribution is 5.81. The van der Waals surface area contributed by atoms with Gasteiger partial charge in [-0.05, 0) is 37.8 Å². The van der Waals surface area contributed by atoms with E-state index in [-0.39, 0.29) is 0 Å². The largest absolute Gasteiger partial charge is 0.464 e. The summed E-state index contributed by atoms with van der Waals surface area (Å²) in [7, 11) is 0. The molecule has 1 aromatic heterocycles. The zero-order valence-electron chi connectivity index (χ0n) is 11.7. The van der Waals surface area contributed by atoms with E-state index in [0.29, 0.717) is 6.04 Å². The van der Waals surface area contributed by atoms with E-state index in [4.69, 9.17) is 4.42 Å². The fourth-order valence-corrected chi connectivity index (χ4v) is 3.36. The normalized spacial score (nSPS) is 18.2. The Morgan fingerprint density at radius 1 is 1.26 bits per heavy atom. The molecule has 0 radical (unpaired) electrons. The predicted octanol–water partition coefficient (Wildman–Crippen LogP) is 4.66. The third-order valence-electron chi connectivity index (χ3n) is 4.33. The molecule has 19 heavy (non-hydrogen) atoms. The Balaban J connectivity index is 1.93. The zero-order valence-corrected chi connectivity index (χ0v) is 11.7. The lowest BCUT2D eigenvalue weighted by Crippen LogP contribution is -2.27. The molecular formula is C17H23NO. The van der Waals surface area contributed by atoms with Crippen molar-refractivity contribution in [3.8, 4) is 0 Å². The van der Waals surface area contributed by atoms with Gasteiger partial charge in [0.2, 0.25) is 0 Å². The number of hydrogen-bond acceptors (Lipinski definition) is 2. The van der Waals surface area contributed by atoms with Crippen LogP contribution in [-0.2, 0) is 0 Å². The first-order valence-electron chi connectivity index (χ1n) is 7.59. The molecule has 1 aliphatic carbocycles. The van der Waals surface area contributed by atoms with Crippen molar-refractivity contribution >= 4 is 11.0 Å². The summed E-state index contributed by atoms with van der Waals surface area (Å²) in [5.41, 5.74) is 2.37. The zero-order chi connectivity index (χ0) is 13.1. The fourth-order valence-electron chi connectivity index (χ4n) is 3.36. The van der Waals surface area contributed by atoms with Crippen LogP contribution in [0.15, 0.2) is 34.9 Å². The van der Waals surface area contributed by atoms with Gasteiger partial charge in [0.05, 0.1) is 6.26 Å². The van der Waals surface area contributed by atoms with Crippen molar-refractivity contribution in [2.45, 2.75) is 45.1 Å². The van der Waals surface area contributed by atoms with Crippen molar-refractivity contribution in [3.63, 3.8) is 0 Å². The van der Waals surface area contributed by atoms with Crippen molar-refractivity contribution in [3.05, 3.63) is 36.1 Å². The molecule has 1 fully saturated rings. The molecule has 2 heteroatoms. The smallest absolute Gasteiger partial charge is 0.134 e. The van der Waals surface area contributed by atoms with Crippen molar-refractivity contribution in [1.82, 2.24) is 5.32 Å². The van der Waals surface area contributed by atoms with Crippen LogP contribution in [0.5, 0.6) is 0 Å². The van der Waals surface area contributed by atoms with Crippen LogP contribution >= 0.6 is 0 Å². The molecule has 1 aromatic carbocycles. The number of para-hydroxylation sites is 1. The van der Waals surface area contributed by atoms with Crippen molar-refractivity contribution in [1.29, 1.82) is 0 Å². The van der Waals surface area contributed by atoms with Crippen molar-refractivity contribution in [2.24, 2.45) is 5.92 Å². The van der Waals surface area contributed by atoms with E-state index < -0.39 is 0 Å². The number of furan rings is 1. The Morgan fingerprint density at radius 2 is 2.05 bits per heavy atom. The number of nitrogens with one attached hydrogen (secondary N) is 1. The molecule has 1 unspecified atom stereocenters. The van der Waals surface area contributed by atoms with Crippen molar-refractivity contribution in [2.75, 3.05) is 6.54 Å². The topological polar surface area (TPSA) is 25.2 Å². The average Bonchev–Trinajstić information content (AvgIpc) is 3.09. The Bertz CT molecular complexity index is 525. The predicted molar refractivity (Wildman–Crippen MR) is 79.2 cm³/mol. The summed E-state index contributed by atoms with van der Waals surface area (Å²) in [5, 5.41) is 5.03. The molecule has 2 aromatic rings. The maximum Gasteiger partial charge on any atom is 0.134 e. The lowest BCUT2D eigenvalue weighted by Gasteiger charge is -2.24. The van der Waals surface area contributed by atoms with Crippen LogP contribution < -0.4 is 5.32 Å². The van der Waals surface area contributed by atoms with E-state index in [0.717, 1.165) is 18.0 Å². The molecule has 3 rings (SSSR count). The maximum absolute atomic E-state index is 5.73. The van der Waals surface area contributed by atoms with Crippen molar-refractivity contribution < 1.29 is 4.42 Å². The minimum Gasteiger partial charge on any atom is -0.464 e. The van der Waals surface area contributed by atoms with Gasteiger partial charge in [-0.25, -0.2) is 0 Å². The van der Waals surface area contributed by atoms with Gasteiger partial charge in [0.15, 0.2) is 0 Å². The first-order chi connectivity index (χ1) is 9.40. The molecule has 0 aliphatic heterocycles. The van der Waals surface area contributed by atoms with E-state index >= 15 is 0 Å². The van der Waals surface area contributed by atoms with Gasteiger partial charge in [-0.1, -0.05) is 38.0 Å². The number of benzene rings is 1. The first-order valence-corrected chi connectivity index (χ1v) is 7.59. The number of hydrogen-bond donors (Lipinski definition) is 1. The van der Waals surface area contributed by atoms with Gasteiger partial charge in [0.25, 0.3) is 0 Å². The third kappa shape index (κ3) is 2.55. The molecule has 1 atom stereocenters. The molecule has 102 valence electrons. The molecule has 1 heterocycles. The second-order valence-electron chi connectivity index (χ2n) is 5.66. The summed E-state index contributed by atoms with van der Waals surface area (Å²) in [6.07, 6.45) is 8.60. The molecule has 0 spiro atoms. The monoisotopic (exact) mass is 257 g/mol. The van der Waals surface area contributed by atoms with Gasteiger partial charge < -0.3 is 9.73 Å². The molecule has 0 bridgehead atoms. The SMILES string of the molecule is CCCNC(c1coc2ccccc12)C1CCCC1. The van der Waals surface area contributed by atoms with E-state index in [1.54, 1.807) is 0 Å². The molecule has 0 saturated heterocycles.